The highest BCUT2D eigenvalue weighted by Crippen LogP contribution is 2.31. The van der Waals surface area contributed by atoms with Crippen LogP contribution in [0.4, 0.5) is 5.82 Å². The lowest BCUT2D eigenvalue weighted by atomic mass is 10.0. The summed E-state index contributed by atoms with van der Waals surface area (Å²) in [6.07, 6.45) is 4.68. The Hall–Kier alpha value is -3.66. The van der Waals surface area contributed by atoms with Crippen molar-refractivity contribution in [2.24, 2.45) is 5.92 Å². The summed E-state index contributed by atoms with van der Waals surface area (Å²) in [5.41, 5.74) is 2.18. The third-order valence-corrected chi connectivity index (χ3v) is 6.69. The molecular weight excluding hydrogens is 462 g/mol. The van der Waals surface area contributed by atoms with Crippen molar-refractivity contribution in [3.8, 4) is 5.88 Å². The van der Waals surface area contributed by atoms with Gasteiger partial charge in [0.05, 0.1) is 7.11 Å². The highest BCUT2D eigenvalue weighted by molar-refractivity contribution is 5.89. The van der Waals surface area contributed by atoms with Crippen LogP contribution in [0.5, 0.6) is 5.88 Å². The van der Waals surface area contributed by atoms with Gasteiger partial charge in [-0.25, -0.2) is 19.7 Å². The molecule has 190 valence electrons. The van der Waals surface area contributed by atoms with Gasteiger partial charge in [0.1, 0.15) is 11.9 Å². The Labute approximate surface area is 209 Å². The van der Waals surface area contributed by atoms with Gasteiger partial charge in [0.15, 0.2) is 6.04 Å². The summed E-state index contributed by atoms with van der Waals surface area (Å²) < 4.78 is 11.1. The van der Waals surface area contributed by atoms with Crippen molar-refractivity contribution >= 4 is 28.5 Å². The Kier molecular flexibility index (Phi) is 6.77. The first-order chi connectivity index (χ1) is 17.4. The van der Waals surface area contributed by atoms with Gasteiger partial charge < -0.3 is 14.8 Å². The van der Waals surface area contributed by atoms with Crippen molar-refractivity contribution in [2.45, 2.75) is 64.3 Å². The topological polar surface area (TPSA) is 119 Å². The Bertz CT molecular complexity index is 1260. The first-order valence-corrected chi connectivity index (χ1v) is 12.4. The smallest absolute Gasteiger partial charge is 0.331 e. The van der Waals surface area contributed by atoms with Gasteiger partial charge >= 0.3 is 5.97 Å². The number of hydrogen-bond acceptors (Lipinski definition) is 8. The molecule has 3 aromatic rings. The molecule has 1 fully saturated rings. The minimum atomic E-state index is -0.946. The maximum absolute atomic E-state index is 13.6. The molecule has 2 N–H and O–H groups in total. The van der Waals surface area contributed by atoms with Gasteiger partial charge in [0.25, 0.3) is 5.91 Å². The quantitative estimate of drug-likeness (QED) is 0.522. The van der Waals surface area contributed by atoms with Crippen LogP contribution in [0.1, 0.15) is 44.4 Å². The number of aromatic nitrogens is 3. The van der Waals surface area contributed by atoms with E-state index in [1.165, 1.54) is 12.7 Å². The number of anilines is 1. The maximum atomic E-state index is 13.6. The van der Waals surface area contributed by atoms with Crippen molar-refractivity contribution < 1.29 is 23.9 Å². The molecule has 1 aromatic carbocycles. The van der Waals surface area contributed by atoms with E-state index in [0.717, 1.165) is 47.2 Å². The molecule has 4 heterocycles. The van der Waals surface area contributed by atoms with Crippen LogP contribution in [-0.4, -0.2) is 57.6 Å². The standard InChI is InChI=1S/C26H31N5O5/c1-15(2)23-25(32)31-20(26(33)34-3)14-22(36-31)35-24-19-12-16(8-9-17(19)10-11-27-24)6-4-5-7-18-13-21(28-23)30-29-18/h8-13,15,20,22-23H,4-7,14H2,1-3H3,(H2,28,29,30)/t20-,22+,23-/m0/s1. The second-order valence-electron chi connectivity index (χ2n) is 9.61. The Morgan fingerprint density at radius 3 is 2.83 bits per heavy atom. The van der Waals surface area contributed by atoms with E-state index in [4.69, 9.17) is 14.3 Å². The molecule has 0 spiro atoms. The number of nitrogens with zero attached hydrogens (tertiary/aromatic N) is 3. The van der Waals surface area contributed by atoms with Gasteiger partial charge in [-0.2, -0.15) is 5.10 Å². The van der Waals surface area contributed by atoms with E-state index in [0.29, 0.717) is 11.7 Å². The van der Waals surface area contributed by atoms with Crippen molar-refractivity contribution in [2.75, 3.05) is 12.4 Å². The van der Waals surface area contributed by atoms with Gasteiger partial charge in [-0.15, -0.1) is 0 Å². The summed E-state index contributed by atoms with van der Waals surface area (Å²) >= 11 is 0. The van der Waals surface area contributed by atoms with Gasteiger partial charge in [0, 0.05) is 29.8 Å². The number of hydroxylamine groups is 2. The molecule has 5 rings (SSSR count). The lowest BCUT2D eigenvalue weighted by Crippen LogP contribution is -2.49. The van der Waals surface area contributed by atoms with E-state index in [1.54, 1.807) is 6.20 Å². The van der Waals surface area contributed by atoms with Gasteiger partial charge in [-0.3, -0.25) is 9.89 Å². The number of fused-ring (bicyclic) bond motifs is 5. The van der Waals surface area contributed by atoms with Crippen molar-refractivity contribution in [1.82, 2.24) is 20.2 Å². The van der Waals surface area contributed by atoms with Crippen molar-refractivity contribution in [1.29, 1.82) is 0 Å². The molecular formula is C26H31N5O5. The van der Waals surface area contributed by atoms with Crippen LogP contribution in [0.15, 0.2) is 36.5 Å². The number of ether oxygens (including phenoxy) is 2. The van der Waals surface area contributed by atoms with Crippen LogP contribution in [0.3, 0.4) is 0 Å². The molecule has 2 aliphatic rings. The lowest BCUT2D eigenvalue weighted by molar-refractivity contribution is -0.219. The van der Waals surface area contributed by atoms with Crippen LogP contribution in [0.25, 0.3) is 10.8 Å². The zero-order valence-corrected chi connectivity index (χ0v) is 20.7. The summed E-state index contributed by atoms with van der Waals surface area (Å²) in [6.45, 7) is 3.84. The summed E-state index contributed by atoms with van der Waals surface area (Å²) in [7, 11) is 1.29. The summed E-state index contributed by atoms with van der Waals surface area (Å²) in [5, 5.41) is 13.6. The minimum absolute atomic E-state index is 0.108. The number of methoxy groups -OCH3 is 1. The number of H-pyrrole nitrogens is 1. The first-order valence-electron chi connectivity index (χ1n) is 12.4. The normalized spacial score (nSPS) is 22.7. The van der Waals surface area contributed by atoms with Crippen LogP contribution >= 0.6 is 0 Å². The predicted molar refractivity (Wildman–Crippen MR) is 132 cm³/mol. The van der Waals surface area contributed by atoms with Crippen molar-refractivity contribution in [3.63, 3.8) is 0 Å². The second kappa shape index (κ2) is 10.1. The van der Waals surface area contributed by atoms with E-state index in [2.05, 4.69) is 38.7 Å². The zero-order chi connectivity index (χ0) is 25.2. The number of aryl methyl sites for hydroxylation is 2. The molecule has 0 saturated carbocycles. The second-order valence-corrected chi connectivity index (χ2v) is 9.61. The van der Waals surface area contributed by atoms with E-state index < -0.39 is 30.3 Å². The van der Waals surface area contributed by atoms with E-state index in [9.17, 15) is 9.59 Å². The predicted octanol–water partition coefficient (Wildman–Crippen LogP) is 3.38. The van der Waals surface area contributed by atoms with Gasteiger partial charge in [0.2, 0.25) is 12.2 Å². The number of esters is 1. The molecule has 1 amide bonds. The monoisotopic (exact) mass is 493 g/mol. The molecule has 2 aromatic heterocycles. The molecule has 6 bridgehead atoms. The number of amides is 1. The number of hydrogen-bond donors (Lipinski definition) is 2. The molecule has 3 atom stereocenters. The number of carbonyl (C=O) groups excluding carboxylic acids is 2. The molecule has 36 heavy (non-hydrogen) atoms. The number of pyridine rings is 1. The fourth-order valence-corrected chi connectivity index (χ4v) is 4.71. The molecule has 1 saturated heterocycles. The molecule has 10 heteroatoms. The molecule has 2 aliphatic heterocycles. The molecule has 0 unspecified atom stereocenters. The SMILES string of the molecule is COC(=O)[C@@H]1C[C@@H]2Oc3nccc4ccc(cc34)CCCCc3cc(n[nH]3)N[C@@H](C(C)C)C(=O)N1O2. The highest BCUT2D eigenvalue weighted by Gasteiger charge is 2.46. The average Bonchev–Trinajstić information content (AvgIpc) is 3.51. The Morgan fingerprint density at radius 1 is 1.19 bits per heavy atom. The molecule has 0 aliphatic carbocycles. The summed E-state index contributed by atoms with van der Waals surface area (Å²) in [5.74, 6) is -0.103. The van der Waals surface area contributed by atoms with Crippen LogP contribution < -0.4 is 10.1 Å². The molecule has 10 nitrogen and oxygen atoms in total. The summed E-state index contributed by atoms with van der Waals surface area (Å²) in [4.78, 5) is 36.6. The van der Waals surface area contributed by atoms with Crippen LogP contribution in [0.2, 0.25) is 0 Å². The van der Waals surface area contributed by atoms with Gasteiger partial charge in [-0.1, -0.05) is 26.0 Å². The van der Waals surface area contributed by atoms with Gasteiger partial charge in [-0.05, 0) is 54.7 Å². The van der Waals surface area contributed by atoms with Crippen molar-refractivity contribution in [3.05, 3.63) is 47.8 Å². The largest absolute Gasteiger partial charge is 0.467 e. The third kappa shape index (κ3) is 4.86. The number of carbonyl (C=O) groups is 2. The minimum Gasteiger partial charge on any atom is -0.467 e. The van der Waals surface area contributed by atoms with E-state index >= 15 is 0 Å². The third-order valence-electron chi connectivity index (χ3n) is 6.69. The maximum Gasteiger partial charge on any atom is 0.331 e. The fraction of sp³-hybridized carbons (Fsp3) is 0.462. The van der Waals surface area contributed by atoms with E-state index in [-0.39, 0.29) is 12.3 Å². The Morgan fingerprint density at radius 2 is 2.03 bits per heavy atom. The van der Waals surface area contributed by atoms with Crippen LogP contribution in [0, 0.1) is 5.92 Å². The van der Waals surface area contributed by atoms with Crippen LogP contribution in [-0.2, 0) is 32.0 Å². The number of benzene rings is 1. The number of rotatable bonds is 2. The zero-order valence-electron chi connectivity index (χ0n) is 20.7. The first kappa shape index (κ1) is 24.1. The molecule has 0 radical (unpaired) electrons. The number of nitrogens with one attached hydrogen (secondary N) is 2. The Balaban J connectivity index is 1.52. The average molecular weight is 494 g/mol. The number of aromatic amines is 1. The fourth-order valence-electron chi connectivity index (χ4n) is 4.71. The highest BCUT2D eigenvalue weighted by atomic mass is 16.8. The summed E-state index contributed by atoms with van der Waals surface area (Å²) in [6, 6.07) is 8.49. The lowest BCUT2D eigenvalue weighted by Gasteiger charge is -2.28. The van der Waals surface area contributed by atoms with E-state index in [1.807, 2.05) is 26.0 Å².